The number of aromatic amines is 1. The SMILES string of the molecule is NCc1c(C(F)F)cc(F)[nH]c1=O. The summed E-state index contributed by atoms with van der Waals surface area (Å²) >= 11 is 0. The largest absolute Gasteiger partial charge is 0.326 e. The first-order chi connectivity index (χ1) is 6.06. The Bertz CT molecular complexity index is 361. The van der Waals surface area contributed by atoms with Gasteiger partial charge in [-0.25, -0.2) is 8.78 Å². The van der Waals surface area contributed by atoms with E-state index in [0.29, 0.717) is 6.07 Å². The van der Waals surface area contributed by atoms with Crippen molar-refractivity contribution in [2.75, 3.05) is 0 Å². The van der Waals surface area contributed by atoms with Crippen LogP contribution in [0.25, 0.3) is 0 Å². The van der Waals surface area contributed by atoms with E-state index in [-0.39, 0.29) is 12.1 Å². The summed E-state index contributed by atoms with van der Waals surface area (Å²) in [4.78, 5) is 12.6. The normalized spacial score (nSPS) is 10.8. The Hall–Kier alpha value is -1.30. The molecule has 0 spiro atoms. The van der Waals surface area contributed by atoms with Crippen LogP contribution in [0.2, 0.25) is 0 Å². The molecule has 0 amide bonds. The molecule has 1 rings (SSSR count). The van der Waals surface area contributed by atoms with Crippen LogP contribution in [0.1, 0.15) is 17.6 Å². The quantitative estimate of drug-likeness (QED) is 0.684. The van der Waals surface area contributed by atoms with Gasteiger partial charge in [0.2, 0.25) is 0 Å². The molecule has 0 aromatic carbocycles. The van der Waals surface area contributed by atoms with Crippen LogP contribution in [0.15, 0.2) is 10.9 Å². The maximum absolute atomic E-state index is 12.5. The van der Waals surface area contributed by atoms with Gasteiger partial charge in [-0.05, 0) is 0 Å². The van der Waals surface area contributed by atoms with Crippen LogP contribution < -0.4 is 11.3 Å². The second kappa shape index (κ2) is 3.61. The number of halogens is 3. The number of alkyl halides is 2. The monoisotopic (exact) mass is 192 g/mol. The summed E-state index contributed by atoms with van der Waals surface area (Å²) in [6.45, 7) is -0.338. The minimum atomic E-state index is -2.89. The second-order valence-electron chi connectivity index (χ2n) is 2.39. The molecule has 0 saturated heterocycles. The maximum atomic E-state index is 12.5. The fourth-order valence-corrected chi connectivity index (χ4v) is 0.980. The highest BCUT2D eigenvalue weighted by molar-refractivity contribution is 5.24. The van der Waals surface area contributed by atoms with Gasteiger partial charge >= 0.3 is 0 Å². The summed E-state index contributed by atoms with van der Waals surface area (Å²) in [5.41, 5.74) is 3.23. The minimum Gasteiger partial charge on any atom is -0.326 e. The Labute approximate surface area is 71.4 Å². The van der Waals surface area contributed by atoms with E-state index in [4.69, 9.17) is 5.73 Å². The third kappa shape index (κ3) is 1.89. The second-order valence-corrected chi connectivity index (χ2v) is 2.39. The first-order valence-electron chi connectivity index (χ1n) is 3.46. The van der Waals surface area contributed by atoms with Gasteiger partial charge in [0.25, 0.3) is 12.0 Å². The predicted octanol–water partition coefficient (Wildman–Crippen LogP) is 0.910. The number of rotatable bonds is 2. The zero-order chi connectivity index (χ0) is 10.0. The molecule has 0 aliphatic heterocycles. The van der Waals surface area contributed by atoms with Gasteiger partial charge in [0.1, 0.15) is 0 Å². The lowest BCUT2D eigenvalue weighted by molar-refractivity contribution is 0.149. The number of H-pyrrole nitrogens is 1. The number of nitrogens with one attached hydrogen (secondary N) is 1. The summed E-state index contributed by atoms with van der Waals surface area (Å²) in [7, 11) is 0. The van der Waals surface area contributed by atoms with Crippen molar-refractivity contribution in [3.05, 3.63) is 33.5 Å². The molecular formula is C7H7F3N2O. The zero-order valence-corrected chi connectivity index (χ0v) is 6.48. The topological polar surface area (TPSA) is 58.9 Å². The van der Waals surface area contributed by atoms with E-state index in [2.05, 4.69) is 0 Å². The molecule has 0 aliphatic carbocycles. The highest BCUT2D eigenvalue weighted by atomic mass is 19.3. The average molecular weight is 192 g/mol. The fourth-order valence-electron chi connectivity index (χ4n) is 0.980. The van der Waals surface area contributed by atoms with Gasteiger partial charge < -0.3 is 5.73 Å². The van der Waals surface area contributed by atoms with Gasteiger partial charge in [0.15, 0.2) is 5.95 Å². The lowest BCUT2D eigenvalue weighted by Crippen LogP contribution is -2.20. The van der Waals surface area contributed by atoms with Crippen molar-refractivity contribution in [3.8, 4) is 0 Å². The lowest BCUT2D eigenvalue weighted by atomic mass is 10.1. The lowest BCUT2D eigenvalue weighted by Gasteiger charge is -2.04. The van der Waals surface area contributed by atoms with Crippen molar-refractivity contribution >= 4 is 0 Å². The number of aromatic nitrogens is 1. The molecule has 0 saturated carbocycles. The van der Waals surface area contributed by atoms with Crippen LogP contribution in [-0.2, 0) is 6.54 Å². The van der Waals surface area contributed by atoms with Crippen LogP contribution in [0.5, 0.6) is 0 Å². The van der Waals surface area contributed by atoms with E-state index >= 15 is 0 Å². The predicted molar refractivity (Wildman–Crippen MR) is 39.9 cm³/mol. The van der Waals surface area contributed by atoms with E-state index < -0.39 is 23.5 Å². The average Bonchev–Trinajstić information content (AvgIpc) is 2.02. The molecule has 1 aromatic heterocycles. The number of nitrogens with two attached hydrogens (primary N) is 1. The molecule has 0 bridgehead atoms. The molecule has 72 valence electrons. The van der Waals surface area contributed by atoms with Crippen LogP contribution in [0.4, 0.5) is 13.2 Å². The molecule has 0 radical (unpaired) electrons. The van der Waals surface area contributed by atoms with Crippen molar-refractivity contribution in [2.45, 2.75) is 13.0 Å². The molecule has 3 nitrogen and oxygen atoms in total. The summed E-state index contributed by atoms with van der Waals surface area (Å²) in [6, 6.07) is 0.578. The van der Waals surface area contributed by atoms with Gasteiger partial charge in [-0.2, -0.15) is 4.39 Å². The van der Waals surface area contributed by atoms with Crippen LogP contribution >= 0.6 is 0 Å². The summed E-state index contributed by atoms with van der Waals surface area (Å²) < 4.78 is 36.9. The molecule has 0 unspecified atom stereocenters. The Balaban J connectivity index is 3.38. The Kier molecular flexibility index (Phi) is 2.72. The first kappa shape index (κ1) is 9.79. The number of hydrogen-bond acceptors (Lipinski definition) is 2. The minimum absolute atomic E-state index is 0.281. The fraction of sp³-hybridized carbons (Fsp3) is 0.286. The third-order valence-electron chi connectivity index (χ3n) is 1.58. The van der Waals surface area contributed by atoms with Crippen molar-refractivity contribution in [1.29, 1.82) is 0 Å². The highest BCUT2D eigenvalue weighted by Crippen LogP contribution is 2.20. The molecule has 1 heterocycles. The van der Waals surface area contributed by atoms with Crippen molar-refractivity contribution in [2.24, 2.45) is 5.73 Å². The summed E-state index contributed by atoms with van der Waals surface area (Å²) in [5, 5.41) is 0. The Morgan fingerprint density at radius 1 is 1.54 bits per heavy atom. The highest BCUT2D eigenvalue weighted by Gasteiger charge is 2.16. The number of pyridine rings is 1. The van der Waals surface area contributed by atoms with E-state index in [9.17, 15) is 18.0 Å². The van der Waals surface area contributed by atoms with Crippen LogP contribution in [-0.4, -0.2) is 4.98 Å². The smallest absolute Gasteiger partial charge is 0.264 e. The maximum Gasteiger partial charge on any atom is 0.264 e. The zero-order valence-electron chi connectivity index (χ0n) is 6.48. The standard InChI is InChI=1S/C7H7F3N2O/c8-5-1-3(6(9)10)4(2-11)7(13)12-5/h1,6H,2,11H2,(H,12,13). The summed E-state index contributed by atoms with van der Waals surface area (Å²) in [5.74, 6) is -1.09. The van der Waals surface area contributed by atoms with E-state index in [1.54, 1.807) is 4.98 Å². The van der Waals surface area contributed by atoms with Crippen molar-refractivity contribution in [3.63, 3.8) is 0 Å². The molecule has 13 heavy (non-hydrogen) atoms. The van der Waals surface area contributed by atoms with Crippen LogP contribution in [0.3, 0.4) is 0 Å². The van der Waals surface area contributed by atoms with Crippen molar-refractivity contribution in [1.82, 2.24) is 4.98 Å². The van der Waals surface area contributed by atoms with Gasteiger partial charge in [0.05, 0.1) is 0 Å². The third-order valence-corrected chi connectivity index (χ3v) is 1.58. The molecule has 6 heteroatoms. The molecule has 0 fully saturated rings. The van der Waals surface area contributed by atoms with E-state index in [1.165, 1.54) is 0 Å². The Morgan fingerprint density at radius 2 is 2.15 bits per heavy atom. The molecule has 0 atom stereocenters. The van der Waals surface area contributed by atoms with Gasteiger partial charge in [-0.1, -0.05) is 0 Å². The first-order valence-corrected chi connectivity index (χ1v) is 3.46. The molecule has 1 aromatic rings. The van der Waals surface area contributed by atoms with E-state index in [1.807, 2.05) is 0 Å². The van der Waals surface area contributed by atoms with Gasteiger partial charge in [-0.3, -0.25) is 9.78 Å². The van der Waals surface area contributed by atoms with Crippen LogP contribution in [0, 0.1) is 5.95 Å². The molecule has 3 N–H and O–H groups in total. The van der Waals surface area contributed by atoms with E-state index in [0.717, 1.165) is 0 Å². The number of hydrogen-bond donors (Lipinski definition) is 2. The molecular weight excluding hydrogens is 185 g/mol. The van der Waals surface area contributed by atoms with Gasteiger partial charge in [0, 0.05) is 23.7 Å². The molecule has 0 aliphatic rings. The van der Waals surface area contributed by atoms with Crippen molar-refractivity contribution < 1.29 is 13.2 Å². The Morgan fingerprint density at radius 3 is 2.62 bits per heavy atom. The summed E-state index contributed by atoms with van der Waals surface area (Å²) in [6.07, 6.45) is -2.89. The van der Waals surface area contributed by atoms with Gasteiger partial charge in [-0.15, -0.1) is 0 Å².